The molecule has 1 aliphatic carbocycles. The van der Waals surface area contributed by atoms with Gasteiger partial charge in [-0.2, -0.15) is 0 Å². The molecule has 1 saturated carbocycles. The third-order valence-corrected chi connectivity index (χ3v) is 3.16. The quantitative estimate of drug-likeness (QED) is 0.854. The molecular weight excluding hydrogens is 218 g/mol. The van der Waals surface area contributed by atoms with Gasteiger partial charge in [-0.1, -0.05) is 0 Å². The third kappa shape index (κ3) is 3.23. The van der Waals surface area contributed by atoms with Crippen molar-refractivity contribution in [3.05, 3.63) is 24.3 Å². The van der Waals surface area contributed by atoms with Gasteiger partial charge in [-0.25, -0.2) is 9.97 Å². The van der Waals surface area contributed by atoms with Gasteiger partial charge in [0, 0.05) is 19.3 Å². The maximum absolute atomic E-state index is 11.8. The fraction of sp³-hybridized carbons (Fsp3) is 0.583. The number of rotatable bonds is 3. The Morgan fingerprint density at radius 3 is 2.76 bits per heavy atom. The Labute approximate surface area is 101 Å². The molecule has 0 spiro atoms. The standard InChI is InChI=1S/C12H17N3O2/c1-17-10-4-2-9(3-5-10)15-12(16)11-6-7-13-8-14-11/h6-10H,2-5H2,1H3,(H,15,16). The predicted molar refractivity (Wildman–Crippen MR) is 62.6 cm³/mol. The first kappa shape index (κ1) is 12.0. The van der Waals surface area contributed by atoms with Crippen molar-refractivity contribution in [2.75, 3.05) is 7.11 Å². The zero-order valence-corrected chi connectivity index (χ0v) is 9.93. The molecule has 0 aliphatic heterocycles. The number of methoxy groups -OCH3 is 1. The van der Waals surface area contributed by atoms with Crippen LogP contribution >= 0.6 is 0 Å². The van der Waals surface area contributed by atoms with Gasteiger partial charge in [-0.3, -0.25) is 4.79 Å². The monoisotopic (exact) mass is 235 g/mol. The van der Waals surface area contributed by atoms with Crippen LogP contribution in [0.25, 0.3) is 0 Å². The largest absolute Gasteiger partial charge is 0.381 e. The summed E-state index contributed by atoms with van der Waals surface area (Å²) in [5.74, 6) is -0.117. The molecule has 1 aliphatic rings. The van der Waals surface area contributed by atoms with E-state index in [1.54, 1.807) is 19.4 Å². The van der Waals surface area contributed by atoms with E-state index in [0.717, 1.165) is 25.7 Å². The molecule has 1 fully saturated rings. The summed E-state index contributed by atoms with van der Waals surface area (Å²) in [4.78, 5) is 19.5. The van der Waals surface area contributed by atoms with Crippen molar-refractivity contribution in [1.82, 2.24) is 15.3 Å². The molecule has 92 valence electrons. The zero-order chi connectivity index (χ0) is 12.1. The molecule has 5 heteroatoms. The summed E-state index contributed by atoms with van der Waals surface area (Å²) < 4.78 is 5.30. The highest BCUT2D eigenvalue weighted by Crippen LogP contribution is 2.20. The number of amides is 1. The number of hydrogen-bond donors (Lipinski definition) is 1. The lowest BCUT2D eigenvalue weighted by molar-refractivity contribution is 0.0598. The number of nitrogens with one attached hydrogen (secondary N) is 1. The van der Waals surface area contributed by atoms with E-state index in [-0.39, 0.29) is 11.9 Å². The van der Waals surface area contributed by atoms with Crippen LogP contribution in [0.3, 0.4) is 0 Å². The van der Waals surface area contributed by atoms with Crippen LogP contribution in [-0.2, 0) is 4.74 Å². The van der Waals surface area contributed by atoms with Gasteiger partial charge < -0.3 is 10.1 Å². The van der Waals surface area contributed by atoms with Crippen LogP contribution in [0.2, 0.25) is 0 Å². The normalized spacial score (nSPS) is 24.3. The lowest BCUT2D eigenvalue weighted by Gasteiger charge is -2.28. The van der Waals surface area contributed by atoms with E-state index in [1.165, 1.54) is 6.33 Å². The number of hydrogen-bond acceptors (Lipinski definition) is 4. The molecule has 0 unspecified atom stereocenters. The average molecular weight is 235 g/mol. The van der Waals surface area contributed by atoms with Crippen molar-refractivity contribution in [2.24, 2.45) is 0 Å². The zero-order valence-electron chi connectivity index (χ0n) is 9.93. The highest BCUT2D eigenvalue weighted by atomic mass is 16.5. The highest BCUT2D eigenvalue weighted by molar-refractivity contribution is 5.92. The van der Waals surface area contributed by atoms with Gasteiger partial charge in [-0.15, -0.1) is 0 Å². The van der Waals surface area contributed by atoms with Gasteiger partial charge in [0.05, 0.1) is 6.10 Å². The van der Waals surface area contributed by atoms with Crippen molar-refractivity contribution in [3.8, 4) is 0 Å². The SMILES string of the molecule is COC1CCC(NC(=O)c2ccncn2)CC1. The van der Waals surface area contributed by atoms with Gasteiger partial charge >= 0.3 is 0 Å². The Kier molecular flexibility index (Phi) is 4.03. The summed E-state index contributed by atoms with van der Waals surface area (Å²) in [7, 11) is 1.74. The fourth-order valence-corrected chi connectivity index (χ4v) is 2.13. The number of carbonyl (C=O) groups excluding carboxylic acids is 1. The second-order valence-corrected chi connectivity index (χ2v) is 4.28. The second kappa shape index (κ2) is 5.72. The maximum Gasteiger partial charge on any atom is 0.270 e. The molecule has 0 saturated heterocycles. The van der Waals surface area contributed by atoms with E-state index in [4.69, 9.17) is 4.74 Å². The molecule has 1 aromatic heterocycles. The van der Waals surface area contributed by atoms with Crippen molar-refractivity contribution in [3.63, 3.8) is 0 Å². The van der Waals surface area contributed by atoms with Gasteiger partial charge in [0.25, 0.3) is 5.91 Å². The molecule has 5 nitrogen and oxygen atoms in total. The number of aromatic nitrogens is 2. The smallest absolute Gasteiger partial charge is 0.270 e. The molecule has 1 amide bonds. The van der Waals surface area contributed by atoms with Gasteiger partial charge in [-0.05, 0) is 31.7 Å². The summed E-state index contributed by atoms with van der Waals surface area (Å²) in [5, 5.41) is 3.00. The molecule has 1 heterocycles. The van der Waals surface area contributed by atoms with Crippen LogP contribution in [-0.4, -0.2) is 35.1 Å². The van der Waals surface area contributed by atoms with Crippen LogP contribution < -0.4 is 5.32 Å². The summed E-state index contributed by atoms with van der Waals surface area (Å²) in [6, 6.07) is 1.86. The Morgan fingerprint density at radius 2 is 2.18 bits per heavy atom. The molecule has 2 rings (SSSR count). The molecule has 1 N–H and O–H groups in total. The number of carbonyl (C=O) groups is 1. The molecule has 0 atom stereocenters. The molecule has 0 radical (unpaired) electrons. The van der Waals surface area contributed by atoms with Crippen molar-refractivity contribution >= 4 is 5.91 Å². The van der Waals surface area contributed by atoms with E-state index in [0.29, 0.717) is 11.8 Å². The minimum atomic E-state index is -0.117. The topological polar surface area (TPSA) is 64.1 Å². The van der Waals surface area contributed by atoms with Crippen molar-refractivity contribution in [1.29, 1.82) is 0 Å². The molecular formula is C12H17N3O2. The maximum atomic E-state index is 11.8. The number of ether oxygens (including phenoxy) is 1. The Balaban J connectivity index is 1.84. The Hall–Kier alpha value is -1.49. The van der Waals surface area contributed by atoms with E-state index < -0.39 is 0 Å². The molecule has 0 bridgehead atoms. The van der Waals surface area contributed by atoms with Crippen LogP contribution in [0.5, 0.6) is 0 Å². The molecule has 17 heavy (non-hydrogen) atoms. The lowest BCUT2D eigenvalue weighted by atomic mass is 9.93. The van der Waals surface area contributed by atoms with Crippen LogP contribution in [0.1, 0.15) is 36.2 Å². The van der Waals surface area contributed by atoms with Gasteiger partial charge in [0.15, 0.2) is 0 Å². The highest BCUT2D eigenvalue weighted by Gasteiger charge is 2.22. The van der Waals surface area contributed by atoms with Crippen molar-refractivity contribution < 1.29 is 9.53 Å². The Bertz CT molecular complexity index is 361. The predicted octanol–water partition coefficient (Wildman–Crippen LogP) is 1.16. The van der Waals surface area contributed by atoms with Gasteiger partial charge in [0.2, 0.25) is 0 Å². The van der Waals surface area contributed by atoms with Gasteiger partial charge in [0.1, 0.15) is 12.0 Å². The van der Waals surface area contributed by atoms with E-state index in [1.807, 2.05) is 0 Å². The minimum Gasteiger partial charge on any atom is -0.381 e. The average Bonchev–Trinajstić information content (AvgIpc) is 2.40. The lowest BCUT2D eigenvalue weighted by Crippen LogP contribution is -2.39. The van der Waals surface area contributed by atoms with Crippen LogP contribution in [0.15, 0.2) is 18.6 Å². The van der Waals surface area contributed by atoms with Crippen LogP contribution in [0.4, 0.5) is 0 Å². The third-order valence-electron chi connectivity index (χ3n) is 3.16. The second-order valence-electron chi connectivity index (χ2n) is 4.28. The number of nitrogens with zero attached hydrogens (tertiary/aromatic N) is 2. The first-order chi connectivity index (χ1) is 8.29. The first-order valence-electron chi connectivity index (χ1n) is 5.89. The van der Waals surface area contributed by atoms with Crippen LogP contribution in [0, 0.1) is 0 Å². The summed E-state index contributed by atoms with van der Waals surface area (Å²) in [6.07, 6.45) is 7.25. The molecule has 0 aromatic carbocycles. The first-order valence-corrected chi connectivity index (χ1v) is 5.89. The van der Waals surface area contributed by atoms with E-state index in [9.17, 15) is 4.79 Å². The minimum absolute atomic E-state index is 0.117. The summed E-state index contributed by atoms with van der Waals surface area (Å²) >= 11 is 0. The summed E-state index contributed by atoms with van der Waals surface area (Å²) in [5.41, 5.74) is 0.425. The Morgan fingerprint density at radius 1 is 1.41 bits per heavy atom. The fourth-order valence-electron chi connectivity index (χ4n) is 2.13. The van der Waals surface area contributed by atoms with E-state index in [2.05, 4.69) is 15.3 Å². The summed E-state index contributed by atoms with van der Waals surface area (Å²) in [6.45, 7) is 0. The van der Waals surface area contributed by atoms with Crippen molar-refractivity contribution in [2.45, 2.75) is 37.8 Å². The molecule has 1 aromatic rings. The van der Waals surface area contributed by atoms with E-state index >= 15 is 0 Å².